The molecule has 0 heterocycles. The summed E-state index contributed by atoms with van der Waals surface area (Å²) < 4.78 is 9.91. The van der Waals surface area contributed by atoms with E-state index in [2.05, 4.69) is 0 Å². The lowest BCUT2D eigenvalue weighted by molar-refractivity contribution is 0.0568. The van der Waals surface area contributed by atoms with Crippen LogP contribution in [0.5, 0.6) is 0 Å². The number of carboxylic acid groups (broad SMARTS) is 2. The Morgan fingerprint density at radius 2 is 1.00 bits per heavy atom. The highest BCUT2D eigenvalue weighted by Gasteiger charge is 2.06. The molecule has 0 aromatic heterocycles. The molecule has 0 aliphatic rings. The van der Waals surface area contributed by atoms with Gasteiger partial charge in [-0.2, -0.15) is 0 Å². The molecule has 0 atom stereocenters. The zero-order valence-electron chi connectivity index (χ0n) is 13.9. The molecule has 0 spiro atoms. The molecule has 0 fully saturated rings. The summed E-state index contributed by atoms with van der Waals surface area (Å²) >= 11 is 0. The van der Waals surface area contributed by atoms with Gasteiger partial charge < -0.3 is 19.7 Å². The van der Waals surface area contributed by atoms with Gasteiger partial charge >= 0.3 is 18.1 Å². The molecule has 2 aromatic rings. The molecule has 0 saturated heterocycles. The number of benzene rings is 2. The Labute approximate surface area is 149 Å². The number of hydrogen-bond donors (Lipinski definition) is 2. The van der Waals surface area contributed by atoms with Gasteiger partial charge in [0.25, 0.3) is 0 Å². The number of rotatable bonds is 8. The average molecular weight is 358 g/mol. The first-order valence-corrected chi connectivity index (χ1v) is 7.90. The molecule has 2 rings (SSSR count). The Morgan fingerprint density at radius 3 is 1.31 bits per heavy atom. The monoisotopic (exact) mass is 358 g/mol. The molecule has 0 bridgehead atoms. The summed E-state index contributed by atoms with van der Waals surface area (Å²) in [5, 5.41) is 17.6. The molecule has 2 aromatic carbocycles. The van der Waals surface area contributed by atoms with E-state index in [0.717, 1.165) is 11.1 Å². The molecule has 26 heavy (non-hydrogen) atoms. The summed E-state index contributed by atoms with van der Waals surface area (Å²) in [6.45, 7) is 0.247. The molecule has 0 amide bonds. The van der Waals surface area contributed by atoms with Crippen molar-refractivity contribution in [3.8, 4) is 0 Å². The van der Waals surface area contributed by atoms with Crippen LogP contribution in [0.25, 0.3) is 0 Å². The maximum absolute atomic E-state index is 11.5. The van der Waals surface area contributed by atoms with Crippen LogP contribution < -0.4 is 0 Å². The average Bonchev–Trinajstić information content (AvgIpc) is 2.62. The second-order valence-electron chi connectivity index (χ2n) is 5.45. The normalized spacial score (nSPS) is 10.2. The van der Waals surface area contributed by atoms with Gasteiger partial charge in [-0.05, 0) is 35.4 Å². The number of aromatic carboxylic acids is 2. The van der Waals surface area contributed by atoms with Gasteiger partial charge in [0, 0.05) is 12.8 Å². The predicted molar refractivity (Wildman–Crippen MR) is 91.5 cm³/mol. The Kier molecular flexibility index (Phi) is 6.73. The van der Waals surface area contributed by atoms with Crippen molar-refractivity contribution in [2.24, 2.45) is 0 Å². The van der Waals surface area contributed by atoms with E-state index in [1.54, 1.807) is 24.3 Å². The van der Waals surface area contributed by atoms with Crippen molar-refractivity contribution < 1.29 is 34.1 Å². The van der Waals surface area contributed by atoms with Crippen LogP contribution in [0.1, 0.15) is 31.8 Å². The molecular formula is C19H18O7. The van der Waals surface area contributed by atoms with Gasteiger partial charge in [-0.3, -0.25) is 0 Å². The fraction of sp³-hybridized carbons (Fsp3) is 0.211. The highest BCUT2D eigenvalue weighted by atomic mass is 16.7. The summed E-state index contributed by atoms with van der Waals surface area (Å²) in [5.74, 6) is -1.98. The lowest BCUT2D eigenvalue weighted by Crippen LogP contribution is -2.12. The van der Waals surface area contributed by atoms with Gasteiger partial charge in [0.05, 0.1) is 24.3 Å². The molecule has 7 heteroatoms. The quantitative estimate of drug-likeness (QED) is 0.698. The van der Waals surface area contributed by atoms with Crippen LogP contribution in [-0.2, 0) is 22.3 Å². The molecule has 0 aliphatic carbocycles. The van der Waals surface area contributed by atoms with E-state index in [-0.39, 0.29) is 24.3 Å². The topological polar surface area (TPSA) is 110 Å². The van der Waals surface area contributed by atoms with Crippen molar-refractivity contribution in [1.82, 2.24) is 0 Å². The van der Waals surface area contributed by atoms with Crippen molar-refractivity contribution in [3.63, 3.8) is 0 Å². The largest absolute Gasteiger partial charge is 0.508 e. The first-order chi connectivity index (χ1) is 12.5. The lowest BCUT2D eigenvalue weighted by Gasteiger charge is -2.07. The number of carbonyl (C=O) groups excluding carboxylic acids is 1. The third-order valence-electron chi connectivity index (χ3n) is 3.62. The number of hydrogen-bond acceptors (Lipinski definition) is 5. The summed E-state index contributed by atoms with van der Waals surface area (Å²) in [6.07, 6.45) is 0.117. The van der Waals surface area contributed by atoms with E-state index in [0.29, 0.717) is 12.8 Å². The Bertz CT molecular complexity index is 698. The van der Waals surface area contributed by atoms with Gasteiger partial charge in [0.1, 0.15) is 0 Å². The van der Waals surface area contributed by atoms with Gasteiger partial charge in [-0.1, -0.05) is 24.3 Å². The van der Waals surface area contributed by atoms with Crippen molar-refractivity contribution in [2.45, 2.75) is 12.8 Å². The van der Waals surface area contributed by atoms with Crippen LogP contribution in [0, 0.1) is 0 Å². The highest BCUT2D eigenvalue weighted by molar-refractivity contribution is 5.87. The van der Waals surface area contributed by atoms with Crippen molar-refractivity contribution in [2.75, 3.05) is 13.2 Å². The van der Waals surface area contributed by atoms with E-state index in [1.165, 1.54) is 24.3 Å². The van der Waals surface area contributed by atoms with Crippen LogP contribution in [0.2, 0.25) is 0 Å². The minimum Gasteiger partial charge on any atom is -0.478 e. The zero-order valence-corrected chi connectivity index (χ0v) is 13.9. The van der Waals surface area contributed by atoms with Crippen LogP contribution in [0.4, 0.5) is 4.79 Å². The van der Waals surface area contributed by atoms with Crippen molar-refractivity contribution in [1.29, 1.82) is 0 Å². The zero-order chi connectivity index (χ0) is 18.9. The van der Waals surface area contributed by atoms with Gasteiger partial charge in [-0.25, -0.2) is 14.4 Å². The van der Waals surface area contributed by atoms with Crippen LogP contribution in [0.3, 0.4) is 0 Å². The number of carboxylic acids is 2. The summed E-state index contributed by atoms with van der Waals surface area (Å²) in [6, 6.07) is 12.6. The van der Waals surface area contributed by atoms with Crippen molar-refractivity contribution >= 4 is 18.1 Å². The van der Waals surface area contributed by atoms with E-state index in [4.69, 9.17) is 19.7 Å². The fourth-order valence-electron chi connectivity index (χ4n) is 2.17. The minimum absolute atomic E-state index is 0.124. The standard InChI is InChI=1S/C19H18O7/c20-17(21)15-5-1-13(2-6-15)9-11-25-19(24)26-12-10-14-3-7-16(8-4-14)18(22)23/h1-8H,9-12H2,(H,20,21)(H,22,23). The van der Waals surface area contributed by atoms with Gasteiger partial charge in [0.15, 0.2) is 0 Å². The maximum Gasteiger partial charge on any atom is 0.508 e. The van der Waals surface area contributed by atoms with Crippen molar-refractivity contribution in [3.05, 3.63) is 70.8 Å². The number of ether oxygens (including phenoxy) is 2. The minimum atomic E-state index is -0.992. The van der Waals surface area contributed by atoms with E-state index < -0.39 is 18.1 Å². The second kappa shape index (κ2) is 9.22. The Balaban J connectivity index is 1.65. The maximum atomic E-state index is 11.5. The lowest BCUT2D eigenvalue weighted by atomic mass is 10.1. The molecule has 0 radical (unpaired) electrons. The molecular weight excluding hydrogens is 340 g/mol. The van der Waals surface area contributed by atoms with E-state index >= 15 is 0 Å². The molecule has 136 valence electrons. The smallest absolute Gasteiger partial charge is 0.478 e. The first-order valence-electron chi connectivity index (χ1n) is 7.90. The highest BCUT2D eigenvalue weighted by Crippen LogP contribution is 2.07. The van der Waals surface area contributed by atoms with Gasteiger partial charge in [-0.15, -0.1) is 0 Å². The summed E-state index contributed by atoms with van der Waals surface area (Å²) in [5.41, 5.74) is 2.10. The van der Waals surface area contributed by atoms with Crippen LogP contribution >= 0.6 is 0 Å². The molecule has 0 aliphatic heterocycles. The third-order valence-corrected chi connectivity index (χ3v) is 3.62. The molecule has 7 nitrogen and oxygen atoms in total. The first kappa shape index (κ1) is 19.0. The number of carbonyl (C=O) groups is 3. The third kappa shape index (κ3) is 5.94. The fourth-order valence-corrected chi connectivity index (χ4v) is 2.17. The van der Waals surface area contributed by atoms with Gasteiger partial charge in [0.2, 0.25) is 0 Å². The SMILES string of the molecule is O=C(OCCc1ccc(C(=O)O)cc1)OCCc1ccc(C(=O)O)cc1. The molecule has 2 N–H and O–H groups in total. The Morgan fingerprint density at radius 1 is 0.654 bits per heavy atom. The molecule has 0 unspecified atom stereocenters. The molecule has 0 saturated carbocycles. The van der Waals surface area contributed by atoms with Crippen LogP contribution in [0.15, 0.2) is 48.5 Å². The van der Waals surface area contributed by atoms with E-state index in [1.807, 2.05) is 0 Å². The summed E-state index contributed by atoms with van der Waals surface area (Å²) in [4.78, 5) is 33.0. The van der Waals surface area contributed by atoms with E-state index in [9.17, 15) is 14.4 Å². The summed E-state index contributed by atoms with van der Waals surface area (Å²) in [7, 11) is 0. The second-order valence-corrected chi connectivity index (χ2v) is 5.45. The predicted octanol–water partition coefficient (Wildman–Crippen LogP) is 3.02. The van der Waals surface area contributed by atoms with Crippen LogP contribution in [-0.4, -0.2) is 41.5 Å². The Hall–Kier alpha value is -3.35.